The van der Waals surface area contributed by atoms with Crippen molar-refractivity contribution in [3.8, 4) is 0 Å². The molecule has 4 aromatic rings. The van der Waals surface area contributed by atoms with Crippen molar-refractivity contribution >= 4 is 49.7 Å². The summed E-state index contributed by atoms with van der Waals surface area (Å²) < 4.78 is 8.21. The second-order valence-corrected chi connectivity index (χ2v) is 10.4. The Morgan fingerprint density at radius 2 is 1.91 bits per heavy atom. The van der Waals surface area contributed by atoms with Gasteiger partial charge in [0.25, 0.3) is 11.8 Å². The molecule has 1 aliphatic rings. The summed E-state index contributed by atoms with van der Waals surface area (Å²) in [6.07, 6.45) is 4.00. The molecule has 3 aromatic heterocycles. The van der Waals surface area contributed by atoms with Crippen molar-refractivity contribution in [2.45, 2.75) is 32.2 Å². The van der Waals surface area contributed by atoms with Gasteiger partial charge in [-0.1, -0.05) is 30.3 Å². The number of rotatable bonds is 8. The maximum absolute atomic E-state index is 13.6. The number of anilines is 1. The standard InChI is InChI=1S/C26H27N3O3S2/c1-32-13-12-27-25(31)23-18-9-5-6-10-21(18)34-26(23)28-24(30)20-15-22-19(11-14-33-22)29(20)16-17-7-3-2-4-8-17/h2-4,7-8,11,14-15H,5-6,9-10,12-13,16H2,1H3,(H,27,31)(H,28,30). The van der Waals surface area contributed by atoms with E-state index in [2.05, 4.69) is 33.4 Å². The van der Waals surface area contributed by atoms with Gasteiger partial charge in [-0.25, -0.2) is 0 Å². The summed E-state index contributed by atoms with van der Waals surface area (Å²) in [7, 11) is 1.61. The van der Waals surface area contributed by atoms with Crippen LogP contribution in [-0.4, -0.2) is 36.6 Å². The molecule has 2 N–H and O–H groups in total. The lowest BCUT2D eigenvalue weighted by molar-refractivity contribution is 0.0937. The number of ether oxygens (including phenoxy) is 1. The van der Waals surface area contributed by atoms with Crippen molar-refractivity contribution in [3.63, 3.8) is 0 Å². The van der Waals surface area contributed by atoms with Crippen LogP contribution in [0.4, 0.5) is 5.00 Å². The first kappa shape index (κ1) is 22.8. The van der Waals surface area contributed by atoms with Crippen molar-refractivity contribution < 1.29 is 14.3 Å². The first-order valence-electron chi connectivity index (χ1n) is 11.5. The Balaban J connectivity index is 1.47. The number of nitrogens with one attached hydrogen (secondary N) is 2. The van der Waals surface area contributed by atoms with Gasteiger partial charge in [-0.3, -0.25) is 9.59 Å². The molecule has 1 aromatic carbocycles. The molecule has 0 spiro atoms. The molecule has 0 saturated heterocycles. The van der Waals surface area contributed by atoms with E-state index in [1.165, 1.54) is 4.88 Å². The van der Waals surface area contributed by atoms with Crippen molar-refractivity contribution in [3.05, 3.63) is 75.1 Å². The number of methoxy groups -OCH3 is 1. The van der Waals surface area contributed by atoms with Gasteiger partial charge in [-0.2, -0.15) is 0 Å². The predicted molar refractivity (Wildman–Crippen MR) is 138 cm³/mol. The lowest BCUT2D eigenvalue weighted by Crippen LogP contribution is -2.29. The highest BCUT2D eigenvalue weighted by Gasteiger charge is 2.27. The zero-order chi connectivity index (χ0) is 23.5. The summed E-state index contributed by atoms with van der Waals surface area (Å²) in [4.78, 5) is 27.9. The van der Waals surface area contributed by atoms with E-state index in [1.54, 1.807) is 29.8 Å². The van der Waals surface area contributed by atoms with Gasteiger partial charge in [0.05, 0.1) is 22.4 Å². The van der Waals surface area contributed by atoms with Crippen LogP contribution >= 0.6 is 22.7 Å². The fourth-order valence-corrected chi connectivity index (χ4v) is 6.62. The van der Waals surface area contributed by atoms with Crippen molar-refractivity contribution in [1.82, 2.24) is 9.88 Å². The molecule has 0 unspecified atom stereocenters. The largest absolute Gasteiger partial charge is 0.383 e. The number of nitrogens with zero attached hydrogens (tertiary/aromatic N) is 1. The molecule has 0 fully saturated rings. The number of thiophene rings is 2. The number of hydrogen-bond acceptors (Lipinski definition) is 5. The minimum absolute atomic E-state index is 0.146. The van der Waals surface area contributed by atoms with E-state index in [4.69, 9.17) is 4.74 Å². The highest BCUT2D eigenvalue weighted by Crippen LogP contribution is 2.38. The normalized spacial score (nSPS) is 13.1. The molecule has 3 heterocycles. The molecule has 0 atom stereocenters. The minimum atomic E-state index is -0.191. The number of hydrogen-bond donors (Lipinski definition) is 2. The van der Waals surface area contributed by atoms with E-state index in [-0.39, 0.29) is 11.8 Å². The number of carbonyl (C=O) groups excluding carboxylic acids is 2. The van der Waals surface area contributed by atoms with Crippen LogP contribution in [0.15, 0.2) is 47.8 Å². The second kappa shape index (κ2) is 10.1. The smallest absolute Gasteiger partial charge is 0.272 e. The van der Waals surface area contributed by atoms with Crippen LogP contribution in [-0.2, 0) is 24.1 Å². The van der Waals surface area contributed by atoms with Gasteiger partial charge >= 0.3 is 0 Å². The van der Waals surface area contributed by atoms with Crippen LogP contribution in [0, 0.1) is 0 Å². The number of aromatic nitrogens is 1. The third kappa shape index (κ3) is 4.53. The lowest BCUT2D eigenvalue weighted by Gasteiger charge is -2.14. The average molecular weight is 494 g/mol. The Hall–Kier alpha value is -2.94. The van der Waals surface area contributed by atoms with Crippen LogP contribution in [0.25, 0.3) is 10.2 Å². The van der Waals surface area contributed by atoms with E-state index in [0.717, 1.165) is 47.0 Å². The molecule has 0 saturated carbocycles. The maximum Gasteiger partial charge on any atom is 0.272 e. The van der Waals surface area contributed by atoms with Gasteiger partial charge in [0, 0.05) is 25.1 Å². The topological polar surface area (TPSA) is 72.4 Å². The number of benzene rings is 1. The molecule has 2 amide bonds. The van der Waals surface area contributed by atoms with Crippen LogP contribution < -0.4 is 10.6 Å². The van der Waals surface area contributed by atoms with Gasteiger partial charge in [-0.15, -0.1) is 22.7 Å². The lowest BCUT2D eigenvalue weighted by atomic mass is 9.95. The second-order valence-electron chi connectivity index (χ2n) is 8.39. The fraction of sp³-hybridized carbons (Fsp3) is 0.308. The molecule has 0 bridgehead atoms. The van der Waals surface area contributed by atoms with Crippen LogP contribution in [0.5, 0.6) is 0 Å². The van der Waals surface area contributed by atoms with E-state index < -0.39 is 0 Å². The first-order valence-corrected chi connectivity index (χ1v) is 13.2. The zero-order valence-corrected chi connectivity index (χ0v) is 20.7. The Morgan fingerprint density at radius 1 is 1.09 bits per heavy atom. The van der Waals surface area contributed by atoms with Gasteiger partial charge < -0.3 is 19.9 Å². The van der Waals surface area contributed by atoms with Crippen LogP contribution in [0.3, 0.4) is 0 Å². The van der Waals surface area contributed by atoms with E-state index in [0.29, 0.717) is 36.0 Å². The SMILES string of the molecule is COCCNC(=O)c1c(NC(=O)c2cc3sccc3n2Cc2ccccc2)sc2c1CCCC2. The van der Waals surface area contributed by atoms with E-state index in [9.17, 15) is 9.59 Å². The van der Waals surface area contributed by atoms with Crippen LogP contribution in [0.1, 0.15) is 49.7 Å². The summed E-state index contributed by atoms with van der Waals surface area (Å²) in [5, 5.41) is 8.73. The van der Waals surface area contributed by atoms with E-state index in [1.807, 2.05) is 29.6 Å². The quantitative estimate of drug-likeness (QED) is 0.326. The zero-order valence-electron chi connectivity index (χ0n) is 19.1. The molecular formula is C26H27N3O3S2. The molecule has 176 valence electrons. The summed E-state index contributed by atoms with van der Waals surface area (Å²) in [5.41, 5.74) is 4.48. The average Bonchev–Trinajstić information content (AvgIpc) is 3.53. The Labute approximate surface area is 206 Å². The molecule has 0 aliphatic heterocycles. The Bertz CT molecular complexity index is 1320. The number of amides is 2. The van der Waals surface area contributed by atoms with Crippen molar-refractivity contribution in [2.24, 2.45) is 0 Å². The molecule has 0 radical (unpaired) electrons. The first-order chi connectivity index (χ1) is 16.7. The third-order valence-electron chi connectivity index (χ3n) is 6.16. The molecular weight excluding hydrogens is 466 g/mol. The summed E-state index contributed by atoms with van der Waals surface area (Å²) in [6.45, 7) is 1.49. The summed E-state index contributed by atoms with van der Waals surface area (Å²) in [6, 6.07) is 14.1. The van der Waals surface area contributed by atoms with Gasteiger partial charge in [0.2, 0.25) is 0 Å². The number of fused-ring (bicyclic) bond motifs is 2. The molecule has 34 heavy (non-hydrogen) atoms. The Kier molecular flexibility index (Phi) is 6.80. The Morgan fingerprint density at radius 3 is 2.74 bits per heavy atom. The summed E-state index contributed by atoms with van der Waals surface area (Å²) in [5.74, 6) is -0.337. The molecule has 1 aliphatic carbocycles. The van der Waals surface area contributed by atoms with E-state index >= 15 is 0 Å². The summed E-state index contributed by atoms with van der Waals surface area (Å²) >= 11 is 3.16. The molecule has 8 heteroatoms. The fourth-order valence-electron chi connectivity index (χ4n) is 4.52. The molecule has 5 rings (SSSR count). The maximum atomic E-state index is 13.6. The highest BCUT2D eigenvalue weighted by molar-refractivity contribution is 7.17. The van der Waals surface area contributed by atoms with Gasteiger partial charge in [0.1, 0.15) is 10.7 Å². The monoisotopic (exact) mass is 493 g/mol. The number of aryl methyl sites for hydroxylation is 1. The number of carbonyl (C=O) groups is 2. The van der Waals surface area contributed by atoms with Crippen molar-refractivity contribution in [2.75, 3.05) is 25.6 Å². The molecule has 6 nitrogen and oxygen atoms in total. The highest BCUT2D eigenvalue weighted by atomic mass is 32.1. The van der Waals surface area contributed by atoms with Crippen molar-refractivity contribution in [1.29, 1.82) is 0 Å². The predicted octanol–water partition coefficient (Wildman–Crippen LogP) is 5.32. The van der Waals surface area contributed by atoms with Gasteiger partial charge in [0.15, 0.2) is 0 Å². The van der Waals surface area contributed by atoms with Crippen LogP contribution in [0.2, 0.25) is 0 Å². The van der Waals surface area contributed by atoms with Gasteiger partial charge in [-0.05, 0) is 54.3 Å². The third-order valence-corrected chi connectivity index (χ3v) is 8.22. The minimum Gasteiger partial charge on any atom is -0.383 e.